The molecule has 1 unspecified atom stereocenters. The van der Waals surface area contributed by atoms with E-state index in [-0.39, 0.29) is 17.2 Å². The second-order valence-corrected chi connectivity index (χ2v) is 5.63. The summed E-state index contributed by atoms with van der Waals surface area (Å²) >= 11 is 0. The number of carbonyl (C=O) groups excluding carboxylic acids is 1. The van der Waals surface area contributed by atoms with Gasteiger partial charge in [-0.05, 0) is 23.6 Å². The average Bonchev–Trinajstić information content (AvgIpc) is 2.87. The first-order chi connectivity index (χ1) is 10.1. The van der Waals surface area contributed by atoms with Crippen molar-refractivity contribution < 1.29 is 4.79 Å². The predicted molar refractivity (Wildman–Crippen MR) is 80.6 cm³/mol. The van der Waals surface area contributed by atoms with Crippen molar-refractivity contribution >= 4 is 11.6 Å². The topological polar surface area (TPSA) is 66.1 Å². The molecule has 1 amide bonds. The van der Waals surface area contributed by atoms with Gasteiger partial charge in [0.15, 0.2) is 0 Å². The number of nitrogens with zero attached hydrogens (tertiary/aromatic N) is 2. The third-order valence-electron chi connectivity index (χ3n) is 3.95. The molecule has 5 heteroatoms. The number of para-hydroxylation sites is 1. The highest BCUT2D eigenvalue weighted by atomic mass is 16.2. The summed E-state index contributed by atoms with van der Waals surface area (Å²) < 4.78 is 0. The highest BCUT2D eigenvalue weighted by Crippen LogP contribution is 2.40. The molecule has 1 aromatic heterocycles. The summed E-state index contributed by atoms with van der Waals surface area (Å²) in [4.78, 5) is 25.4. The number of hydrogen-bond donors (Lipinski definition) is 1. The van der Waals surface area contributed by atoms with Crippen LogP contribution in [0.2, 0.25) is 0 Å². The van der Waals surface area contributed by atoms with Gasteiger partial charge in [0.25, 0.3) is 11.5 Å². The maximum atomic E-state index is 12.6. The van der Waals surface area contributed by atoms with E-state index in [9.17, 15) is 9.59 Å². The Morgan fingerprint density at radius 3 is 2.71 bits per heavy atom. The zero-order valence-corrected chi connectivity index (χ0v) is 12.0. The smallest absolute Gasteiger partial charge is 0.278 e. The van der Waals surface area contributed by atoms with Gasteiger partial charge in [-0.2, -0.15) is 5.10 Å². The zero-order valence-electron chi connectivity index (χ0n) is 12.0. The van der Waals surface area contributed by atoms with E-state index in [1.165, 1.54) is 17.7 Å². The fourth-order valence-corrected chi connectivity index (χ4v) is 2.80. The van der Waals surface area contributed by atoms with Crippen molar-refractivity contribution in [2.24, 2.45) is 5.92 Å². The van der Waals surface area contributed by atoms with E-state index < -0.39 is 0 Å². The number of amides is 1. The Labute approximate surface area is 122 Å². The van der Waals surface area contributed by atoms with Crippen LogP contribution in [0.15, 0.2) is 41.2 Å². The van der Waals surface area contributed by atoms with Crippen LogP contribution in [0.3, 0.4) is 0 Å². The Kier molecular flexibility index (Phi) is 3.33. The Bertz CT molecular complexity index is 716. The van der Waals surface area contributed by atoms with E-state index in [0.29, 0.717) is 18.4 Å². The largest absolute Gasteiger partial charge is 0.306 e. The standard InChI is InChI=1S/C16H17N3O2/c1-10(2)12-9-19(14-6-4-3-5-11(12)14)16(21)13-7-8-15(20)18-17-13/h3-8,10,12H,9H2,1-2H3,(H,18,20). The maximum absolute atomic E-state index is 12.6. The van der Waals surface area contributed by atoms with Gasteiger partial charge in [0.2, 0.25) is 0 Å². The predicted octanol–water partition coefficient (Wildman–Crippen LogP) is 2.17. The maximum Gasteiger partial charge on any atom is 0.278 e. The fraction of sp³-hybridized carbons (Fsp3) is 0.312. The lowest BCUT2D eigenvalue weighted by Gasteiger charge is -2.18. The van der Waals surface area contributed by atoms with Crippen molar-refractivity contribution in [2.75, 3.05) is 11.4 Å². The van der Waals surface area contributed by atoms with E-state index in [1.54, 1.807) is 4.90 Å². The molecule has 1 aliphatic heterocycles. The Hall–Kier alpha value is -2.43. The van der Waals surface area contributed by atoms with E-state index in [4.69, 9.17) is 0 Å². The lowest BCUT2D eigenvalue weighted by molar-refractivity contribution is 0.0981. The quantitative estimate of drug-likeness (QED) is 0.918. The number of hydrogen-bond acceptors (Lipinski definition) is 3. The number of aromatic nitrogens is 2. The summed E-state index contributed by atoms with van der Waals surface area (Å²) in [6.45, 7) is 4.97. The molecule has 0 spiro atoms. The summed E-state index contributed by atoms with van der Waals surface area (Å²) in [6.07, 6.45) is 0. The number of fused-ring (bicyclic) bond motifs is 1. The molecule has 1 N–H and O–H groups in total. The highest BCUT2D eigenvalue weighted by Gasteiger charge is 2.34. The Morgan fingerprint density at radius 1 is 1.29 bits per heavy atom. The van der Waals surface area contributed by atoms with Crippen LogP contribution >= 0.6 is 0 Å². The number of anilines is 1. The first-order valence-electron chi connectivity index (χ1n) is 7.04. The molecule has 3 rings (SSSR count). The zero-order chi connectivity index (χ0) is 15.0. The molecule has 0 saturated heterocycles. The number of aromatic amines is 1. The molecular formula is C16H17N3O2. The van der Waals surface area contributed by atoms with Gasteiger partial charge in [0, 0.05) is 24.2 Å². The number of rotatable bonds is 2. The number of nitrogens with one attached hydrogen (secondary N) is 1. The Balaban J connectivity index is 1.98. The molecule has 108 valence electrons. The third-order valence-corrected chi connectivity index (χ3v) is 3.95. The van der Waals surface area contributed by atoms with Crippen molar-refractivity contribution in [1.29, 1.82) is 0 Å². The number of benzene rings is 1. The van der Waals surface area contributed by atoms with E-state index in [0.717, 1.165) is 5.69 Å². The molecule has 5 nitrogen and oxygen atoms in total. The van der Waals surface area contributed by atoms with Crippen LogP contribution < -0.4 is 10.5 Å². The normalized spacial score (nSPS) is 17.1. The van der Waals surface area contributed by atoms with Crippen LogP contribution in [-0.4, -0.2) is 22.6 Å². The van der Waals surface area contributed by atoms with Gasteiger partial charge >= 0.3 is 0 Å². The fourth-order valence-electron chi connectivity index (χ4n) is 2.80. The minimum Gasteiger partial charge on any atom is -0.306 e. The lowest BCUT2D eigenvalue weighted by atomic mass is 9.90. The van der Waals surface area contributed by atoms with Crippen molar-refractivity contribution in [1.82, 2.24) is 10.2 Å². The molecule has 21 heavy (non-hydrogen) atoms. The first-order valence-corrected chi connectivity index (χ1v) is 7.04. The second kappa shape index (κ2) is 5.16. The highest BCUT2D eigenvalue weighted by molar-refractivity contribution is 6.06. The van der Waals surface area contributed by atoms with Gasteiger partial charge in [-0.3, -0.25) is 9.59 Å². The van der Waals surface area contributed by atoms with E-state index >= 15 is 0 Å². The molecule has 1 aliphatic rings. The molecular weight excluding hydrogens is 266 g/mol. The monoisotopic (exact) mass is 283 g/mol. The van der Waals surface area contributed by atoms with Crippen molar-refractivity contribution in [3.63, 3.8) is 0 Å². The Morgan fingerprint density at radius 2 is 2.05 bits per heavy atom. The number of H-pyrrole nitrogens is 1. The summed E-state index contributed by atoms with van der Waals surface area (Å²) in [5, 5.41) is 6.15. The van der Waals surface area contributed by atoms with Gasteiger partial charge in [0.05, 0.1) is 0 Å². The summed E-state index contributed by atoms with van der Waals surface area (Å²) in [5.74, 6) is 0.599. The molecule has 1 aromatic carbocycles. The van der Waals surface area contributed by atoms with Crippen LogP contribution in [0.4, 0.5) is 5.69 Å². The van der Waals surface area contributed by atoms with Gasteiger partial charge < -0.3 is 4.90 Å². The summed E-state index contributed by atoms with van der Waals surface area (Å²) in [5.41, 5.74) is 2.08. The van der Waals surface area contributed by atoms with Crippen LogP contribution in [0.25, 0.3) is 0 Å². The van der Waals surface area contributed by atoms with Crippen LogP contribution in [-0.2, 0) is 0 Å². The third kappa shape index (κ3) is 2.35. The molecule has 0 bridgehead atoms. The molecule has 0 saturated carbocycles. The first kappa shape index (κ1) is 13.5. The summed E-state index contributed by atoms with van der Waals surface area (Å²) in [6, 6.07) is 10.8. The van der Waals surface area contributed by atoms with E-state index in [2.05, 4.69) is 30.1 Å². The van der Waals surface area contributed by atoms with Gasteiger partial charge in [0.1, 0.15) is 5.69 Å². The molecule has 0 fully saturated rings. The molecule has 0 aliphatic carbocycles. The molecule has 2 aromatic rings. The average molecular weight is 283 g/mol. The van der Waals surface area contributed by atoms with Crippen molar-refractivity contribution in [3.8, 4) is 0 Å². The minimum atomic E-state index is -0.312. The second-order valence-electron chi connectivity index (χ2n) is 5.63. The molecule has 2 heterocycles. The summed E-state index contributed by atoms with van der Waals surface area (Å²) in [7, 11) is 0. The lowest BCUT2D eigenvalue weighted by Crippen LogP contribution is -2.32. The molecule has 0 radical (unpaired) electrons. The number of carbonyl (C=O) groups is 1. The SMILES string of the molecule is CC(C)C1CN(C(=O)c2ccc(=O)[nH]n2)c2ccccc21. The van der Waals surface area contributed by atoms with Crippen LogP contribution in [0.5, 0.6) is 0 Å². The minimum absolute atomic E-state index is 0.179. The van der Waals surface area contributed by atoms with Crippen molar-refractivity contribution in [2.45, 2.75) is 19.8 Å². The van der Waals surface area contributed by atoms with E-state index in [1.807, 2.05) is 18.2 Å². The van der Waals surface area contributed by atoms with Crippen LogP contribution in [0, 0.1) is 5.92 Å². The molecule has 1 atom stereocenters. The van der Waals surface area contributed by atoms with Gasteiger partial charge in [-0.1, -0.05) is 32.0 Å². The van der Waals surface area contributed by atoms with Gasteiger partial charge in [-0.25, -0.2) is 5.10 Å². The van der Waals surface area contributed by atoms with Crippen LogP contribution in [0.1, 0.15) is 35.8 Å². The van der Waals surface area contributed by atoms with Crippen molar-refractivity contribution in [3.05, 3.63) is 58.0 Å². The van der Waals surface area contributed by atoms with Gasteiger partial charge in [-0.15, -0.1) is 0 Å².